The van der Waals surface area contributed by atoms with Gasteiger partial charge in [0.2, 0.25) is 0 Å². The van der Waals surface area contributed by atoms with Crippen molar-refractivity contribution in [3.05, 3.63) is 30.3 Å². The van der Waals surface area contributed by atoms with E-state index in [0.717, 1.165) is 5.92 Å². The second-order valence-electron chi connectivity index (χ2n) is 8.31. The minimum atomic E-state index is 0.626. The molecule has 0 radical (unpaired) electrons. The highest BCUT2D eigenvalue weighted by atomic mass is 15.3. The molecular weight excluding hydrogens is 294 g/mol. The fraction of sp³-hybridized carbons (Fsp3) is 0.714. The van der Waals surface area contributed by atoms with E-state index in [1.807, 2.05) is 0 Å². The van der Waals surface area contributed by atoms with Crippen molar-refractivity contribution in [1.82, 2.24) is 9.80 Å². The van der Waals surface area contributed by atoms with Crippen molar-refractivity contribution in [2.45, 2.75) is 33.1 Å². The first-order chi connectivity index (χ1) is 11.6. The third-order valence-corrected chi connectivity index (χ3v) is 5.65. The summed E-state index contributed by atoms with van der Waals surface area (Å²) in [6, 6.07) is 10.9. The van der Waals surface area contributed by atoms with Gasteiger partial charge in [0, 0.05) is 43.8 Å². The van der Waals surface area contributed by atoms with Crippen molar-refractivity contribution >= 4 is 5.69 Å². The Morgan fingerprint density at radius 1 is 0.958 bits per heavy atom. The molecule has 0 atom stereocenters. The van der Waals surface area contributed by atoms with Crippen LogP contribution in [0, 0.1) is 11.3 Å². The largest absolute Gasteiger partial charge is 0.370 e. The SMILES string of the molecule is CCC.CN1CCC(CN2CC3(C2)CN(c2ccccc2)C3)CC1. The maximum atomic E-state index is 2.71. The normalized spacial score (nSPS) is 24.0. The van der Waals surface area contributed by atoms with Crippen LogP contribution in [0.1, 0.15) is 33.1 Å². The Morgan fingerprint density at radius 3 is 2.12 bits per heavy atom. The molecule has 3 aliphatic heterocycles. The van der Waals surface area contributed by atoms with Crippen LogP contribution in [-0.2, 0) is 0 Å². The van der Waals surface area contributed by atoms with E-state index in [-0.39, 0.29) is 0 Å². The van der Waals surface area contributed by atoms with Gasteiger partial charge in [-0.1, -0.05) is 38.5 Å². The Morgan fingerprint density at radius 2 is 1.54 bits per heavy atom. The number of hydrogen-bond donors (Lipinski definition) is 0. The number of likely N-dealkylation sites (tertiary alicyclic amines) is 2. The molecule has 0 aliphatic carbocycles. The van der Waals surface area contributed by atoms with Gasteiger partial charge in [-0.2, -0.15) is 0 Å². The molecule has 0 N–H and O–H groups in total. The van der Waals surface area contributed by atoms with Gasteiger partial charge in [0.25, 0.3) is 0 Å². The molecule has 0 saturated carbocycles. The average Bonchev–Trinajstić information content (AvgIpc) is 2.52. The van der Waals surface area contributed by atoms with Gasteiger partial charge >= 0.3 is 0 Å². The second kappa shape index (κ2) is 7.88. The standard InChI is InChI=1S/C18H27N3.C3H8/c1-19-9-7-16(8-10-19)11-20-12-18(13-20)14-21(15-18)17-5-3-2-4-6-17;1-3-2/h2-6,16H,7-15H2,1H3;3H2,1-2H3. The molecular formula is C21H35N3. The molecule has 1 aromatic carbocycles. The summed E-state index contributed by atoms with van der Waals surface area (Å²) in [6.07, 6.45) is 4.05. The number of benzene rings is 1. The zero-order valence-electron chi connectivity index (χ0n) is 15.9. The van der Waals surface area contributed by atoms with E-state index in [2.05, 4.69) is 65.9 Å². The van der Waals surface area contributed by atoms with Crippen LogP contribution in [0.4, 0.5) is 5.69 Å². The van der Waals surface area contributed by atoms with Crippen LogP contribution >= 0.6 is 0 Å². The smallest absolute Gasteiger partial charge is 0.0366 e. The van der Waals surface area contributed by atoms with Gasteiger partial charge in [0.05, 0.1) is 0 Å². The average molecular weight is 330 g/mol. The lowest BCUT2D eigenvalue weighted by molar-refractivity contribution is -0.0350. The third kappa shape index (κ3) is 4.12. The zero-order valence-corrected chi connectivity index (χ0v) is 15.9. The van der Waals surface area contributed by atoms with Gasteiger partial charge in [-0.25, -0.2) is 0 Å². The second-order valence-corrected chi connectivity index (χ2v) is 8.31. The number of nitrogens with zero attached hydrogens (tertiary/aromatic N) is 3. The van der Waals surface area contributed by atoms with Crippen LogP contribution < -0.4 is 4.90 Å². The van der Waals surface area contributed by atoms with Gasteiger partial charge < -0.3 is 14.7 Å². The molecule has 0 amide bonds. The molecule has 0 unspecified atom stereocenters. The lowest BCUT2D eigenvalue weighted by atomic mass is 9.72. The number of piperidine rings is 1. The quantitative estimate of drug-likeness (QED) is 0.839. The Kier molecular flexibility index (Phi) is 5.83. The van der Waals surface area contributed by atoms with Crippen molar-refractivity contribution in [3.8, 4) is 0 Å². The molecule has 3 fully saturated rings. The molecule has 3 heteroatoms. The highest BCUT2D eigenvalue weighted by molar-refractivity contribution is 5.50. The van der Waals surface area contributed by atoms with Crippen LogP contribution in [0.2, 0.25) is 0 Å². The van der Waals surface area contributed by atoms with Crippen LogP contribution in [0.3, 0.4) is 0 Å². The van der Waals surface area contributed by atoms with Gasteiger partial charge in [-0.3, -0.25) is 0 Å². The van der Waals surface area contributed by atoms with E-state index < -0.39 is 0 Å². The fourth-order valence-corrected chi connectivity index (χ4v) is 4.43. The Hall–Kier alpha value is -1.06. The van der Waals surface area contributed by atoms with Crippen molar-refractivity contribution in [3.63, 3.8) is 0 Å². The Balaban J connectivity index is 0.000000526. The first-order valence-electron chi connectivity index (χ1n) is 9.85. The number of rotatable bonds is 3. The lowest BCUT2D eigenvalue weighted by Crippen LogP contribution is -2.72. The summed E-state index contributed by atoms with van der Waals surface area (Å²) >= 11 is 0. The molecule has 1 spiro atoms. The first-order valence-corrected chi connectivity index (χ1v) is 9.85. The highest BCUT2D eigenvalue weighted by Crippen LogP contribution is 2.42. The summed E-state index contributed by atoms with van der Waals surface area (Å²) < 4.78 is 0. The van der Waals surface area contributed by atoms with E-state index in [0.29, 0.717) is 5.41 Å². The van der Waals surface area contributed by atoms with Crippen LogP contribution in [-0.4, -0.2) is 62.7 Å². The van der Waals surface area contributed by atoms with Crippen molar-refractivity contribution < 1.29 is 0 Å². The zero-order chi connectivity index (χ0) is 17.0. The molecule has 3 aliphatic rings. The molecule has 3 saturated heterocycles. The van der Waals surface area contributed by atoms with Gasteiger partial charge in [-0.05, 0) is 51.0 Å². The maximum Gasteiger partial charge on any atom is 0.0366 e. The predicted molar refractivity (Wildman–Crippen MR) is 104 cm³/mol. The van der Waals surface area contributed by atoms with Crippen molar-refractivity contribution in [2.75, 3.05) is 57.8 Å². The van der Waals surface area contributed by atoms with Crippen molar-refractivity contribution in [1.29, 1.82) is 0 Å². The monoisotopic (exact) mass is 329 g/mol. The fourth-order valence-electron chi connectivity index (χ4n) is 4.43. The molecule has 134 valence electrons. The number of para-hydroxylation sites is 1. The topological polar surface area (TPSA) is 9.72 Å². The van der Waals surface area contributed by atoms with E-state index in [1.165, 1.54) is 70.8 Å². The Bertz CT molecular complexity index is 479. The van der Waals surface area contributed by atoms with Gasteiger partial charge in [-0.15, -0.1) is 0 Å². The summed E-state index contributed by atoms with van der Waals surface area (Å²) in [5.41, 5.74) is 2.03. The maximum absolute atomic E-state index is 2.71. The molecule has 4 rings (SSSR count). The molecule has 3 heterocycles. The summed E-state index contributed by atoms with van der Waals surface area (Å²) in [6.45, 7) is 13.4. The summed E-state index contributed by atoms with van der Waals surface area (Å²) in [7, 11) is 2.25. The summed E-state index contributed by atoms with van der Waals surface area (Å²) in [5, 5.41) is 0. The number of anilines is 1. The first kappa shape index (κ1) is 17.8. The van der Waals surface area contributed by atoms with Crippen LogP contribution in [0.15, 0.2) is 30.3 Å². The lowest BCUT2D eigenvalue weighted by Gasteiger charge is -2.61. The molecule has 0 aromatic heterocycles. The van der Waals surface area contributed by atoms with E-state index >= 15 is 0 Å². The highest BCUT2D eigenvalue weighted by Gasteiger charge is 2.51. The van der Waals surface area contributed by atoms with E-state index in [1.54, 1.807) is 0 Å². The molecule has 1 aromatic rings. The molecule has 3 nitrogen and oxygen atoms in total. The van der Waals surface area contributed by atoms with Gasteiger partial charge in [0.15, 0.2) is 0 Å². The van der Waals surface area contributed by atoms with E-state index in [4.69, 9.17) is 0 Å². The van der Waals surface area contributed by atoms with Crippen molar-refractivity contribution in [2.24, 2.45) is 11.3 Å². The minimum absolute atomic E-state index is 0.626. The summed E-state index contributed by atoms with van der Waals surface area (Å²) in [5.74, 6) is 0.948. The molecule has 24 heavy (non-hydrogen) atoms. The van der Waals surface area contributed by atoms with Crippen LogP contribution in [0.25, 0.3) is 0 Å². The van der Waals surface area contributed by atoms with Crippen LogP contribution in [0.5, 0.6) is 0 Å². The predicted octanol–water partition coefficient (Wildman–Crippen LogP) is 3.57. The van der Waals surface area contributed by atoms with E-state index in [9.17, 15) is 0 Å². The Labute approximate surface area is 148 Å². The van der Waals surface area contributed by atoms with Gasteiger partial charge in [0.1, 0.15) is 0 Å². The summed E-state index contributed by atoms with van der Waals surface area (Å²) in [4.78, 5) is 7.71. The number of hydrogen-bond acceptors (Lipinski definition) is 3. The minimum Gasteiger partial charge on any atom is -0.370 e. The molecule has 0 bridgehead atoms. The third-order valence-electron chi connectivity index (χ3n) is 5.65.